The van der Waals surface area contributed by atoms with Crippen LogP contribution in [0.25, 0.3) is 85.0 Å². The van der Waals surface area contributed by atoms with Crippen LogP contribution in [0.1, 0.15) is 20.9 Å². The predicted molar refractivity (Wildman–Crippen MR) is 312 cm³/mol. The molecular formula is C56H30N6O14S5. The first-order valence-corrected chi connectivity index (χ1v) is 28.4. The largest absolute Gasteiger partial charge is 0.269 e. The Morgan fingerprint density at radius 1 is 0.296 bits per heavy atom. The lowest BCUT2D eigenvalue weighted by molar-refractivity contribution is -0.385. The molecule has 1 aliphatic heterocycles. The fourth-order valence-electron chi connectivity index (χ4n) is 9.41. The average molecular weight is 1170 g/mol. The summed E-state index contributed by atoms with van der Waals surface area (Å²) in [6.07, 6.45) is 0. The number of allylic oxidation sites excluding steroid dienone is 2. The van der Waals surface area contributed by atoms with Crippen LogP contribution < -0.4 is 0 Å². The van der Waals surface area contributed by atoms with Crippen LogP contribution in [0.5, 0.6) is 0 Å². The SMILES string of the molecule is O=[N+]([O-])c1ccc(C2=C(c3cc(-c4ccc([N+](=O)[O-])cc4)c(-c4sccc4-c4ccc([N+](=O)[O-])cc4)s3)S(=O)(=O)C(c3cc(-c4ccc([N+](=O)[O-])cc4)c(-c4sccc4-c4ccc([N+](=O)[O-])cc4)s3)=C2c2ccc([N+](=O)[O-])cc2)cc1. The molecule has 0 radical (unpaired) electrons. The lowest BCUT2D eigenvalue weighted by Gasteiger charge is -2.12. The van der Waals surface area contributed by atoms with E-state index in [4.69, 9.17) is 0 Å². The van der Waals surface area contributed by atoms with Gasteiger partial charge in [-0.1, -0.05) is 0 Å². The van der Waals surface area contributed by atoms with Crippen LogP contribution in [0.15, 0.2) is 181 Å². The van der Waals surface area contributed by atoms with Gasteiger partial charge in [0, 0.05) is 116 Å². The van der Waals surface area contributed by atoms with Gasteiger partial charge in [0.2, 0.25) is 9.84 Å². The van der Waals surface area contributed by atoms with Crippen molar-refractivity contribution in [2.75, 3.05) is 0 Å². The van der Waals surface area contributed by atoms with Crippen LogP contribution in [0, 0.1) is 60.7 Å². The summed E-state index contributed by atoms with van der Waals surface area (Å²) in [5.74, 6) is 0. The Labute approximate surface area is 471 Å². The Morgan fingerprint density at radius 2 is 0.531 bits per heavy atom. The number of hydrogen-bond donors (Lipinski definition) is 0. The first-order valence-electron chi connectivity index (χ1n) is 23.5. The van der Waals surface area contributed by atoms with E-state index in [2.05, 4.69) is 0 Å². The minimum absolute atomic E-state index is 0.0631. The number of thiophene rings is 4. The first kappa shape index (κ1) is 53.0. The Morgan fingerprint density at radius 3 is 0.778 bits per heavy atom. The lowest BCUT2D eigenvalue weighted by atomic mass is 9.90. The second kappa shape index (κ2) is 21.0. The second-order valence-corrected chi connectivity index (χ2v) is 23.5. The van der Waals surface area contributed by atoms with E-state index in [1.54, 1.807) is 59.3 Å². The zero-order chi connectivity index (χ0) is 57.0. The zero-order valence-corrected chi connectivity index (χ0v) is 44.8. The van der Waals surface area contributed by atoms with E-state index in [1.807, 2.05) is 0 Å². The van der Waals surface area contributed by atoms with Gasteiger partial charge >= 0.3 is 0 Å². The molecule has 0 atom stereocenters. The van der Waals surface area contributed by atoms with E-state index >= 15 is 8.42 Å². The molecule has 4 aromatic heterocycles. The van der Waals surface area contributed by atoms with Crippen molar-refractivity contribution in [3.8, 4) is 64.0 Å². The Bertz CT molecular complexity index is 4170. The molecule has 0 N–H and O–H groups in total. The van der Waals surface area contributed by atoms with Crippen molar-refractivity contribution in [2.45, 2.75) is 0 Å². The van der Waals surface area contributed by atoms with Crippen LogP contribution in [-0.2, 0) is 9.84 Å². The molecule has 1 aliphatic rings. The maximum Gasteiger partial charge on any atom is 0.269 e. The molecular weight excluding hydrogens is 1140 g/mol. The molecule has 0 saturated heterocycles. The minimum atomic E-state index is -4.86. The van der Waals surface area contributed by atoms with Gasteiger partial charge in [-0.15, -0.1) is 45.3 Å². The summed E-state index contributed by atoms with van der Waals surface area (Å²) in [6.45, 7) is 0. The minimum Gasteiger partial charge on any atom is -0.258 e. The van der Waals surface area contributed by atoms with Gasteiger partial charge in [-0.2, -0.15) is 0 Å². The number of rotatable bonds is 16. The number of hydrogen-bond acceptors (Lipinski definition) is 18. The summed E-state index contributed by atoms with van der Waals surface area (Å²) < 4.78 is 33.0. The molecule has 11 rings (SSSR count). The van der Waals surface area contributed by atoms with Crippen molar-refractivity contribution in [3.05, 3.63) is 262 Å². The molecule has 0 unspecified atom stereocenters. The molecule has 5 heterocycles. The second-order valence-electron chi connectivity index (χ2n) is 17.8. The molecule has 0 saturated carbocycles. The lowest BCUT2D eigenvalue weighted by Crippen LogP contribution is -2.01. The molecule has 0 aliphatic carbocycles. The predicted octanol–water partition coefficient (Wildman–Crippen LogP) is 16.2. The highest BCUT2D eigenvalue weighted by molar-refractivity contribution is 8.10. The molecule has 10 aromatic rings. The number of sulfone groups is 1. The van der Waals surface area contributed by atoms with Crippen LogP contribution in [-0.4, -0.2) is 38.0 Å². The van der Waals surface area contributed by atoms with E-state index in [0.29, 0.717) is 64.0 Å². The zero-order valence-electron chi connectivity index (χ0n) is 40.8. The average Bonchev–Trinajstić information content (AvgIpc) is 3.98. The van der Waals surface area contributed by atoms with Gasteiger partial charge in [-0.05, 0) is 141 Å². The molecule has 0 spiro atoms. The third-order valence-corrected chi connectivity index (χ3v) is 19.8. The van der Waals surface area contributed by atoms with Crippen molar-refractivity contribution in [2.24, 2.45) is 0 Å². The number of non-ortho nitro benzene ring substituents is 6. The van der Waals surface area contributed by atoms with Crippen molar-refractivity contribution in [1.29, 1.82) is 0 Å². The van der Waals surface area contributed by atoms with Crippen molar-refractivity contribution < 1.29 is 38.0 Å². The molecule has 25 heteroatoms. The van der Waals surface area contributed by atoms with Gasteiger partial charge in [0.1, 0.15) is 0 Å². The molecule has 0 bridgehead atoms. The highest BCUT2D eigenvalue weighted by atomic mass is 32.2. The third kappa shape index (κ3) is 9.76. The fourth-order valence-corrected chi connectivity index (χ4v) is 16.6. The smallest absolute Gasteiger partial charge is 0.258 e. The Balaban J connectivity index is 1.21. The van der Waals surface area contributed by atoms with Gasteiger partial charge in [-0.25, -0.2) is 8.42 Å². The van der Waals surface area contributed by atoms with Gasteiger partial charge in [0.15, 0.2) is 0 Å². The summed E-state index contributed by atoms with van der Waals surface area (Å²) in [5, 5.41) is 74.9. The molecule has 0 amide bonds. The van der Waals surface area contributed by atoms with Crippen molar-refractivity contribution >= 4 is 110 Å². The Kier molecular flexibility index (Phi) is 13.7. The molecule has 20 nitrogen and oxygen atoms in total. The number of nitro groups is 6. The molecule has 6 aromatic carbocycles. The summed E-state index contributed by atoms with van der Waals surface area (Å²) in [6, 6.07) is 40.4. The van der Waals surface area contributed by atoms with Crippen LogP contribution >= 0.6 is 45.3 Å². The molecule has 0 fully saturated rings. The standard InChI is InChI=1S/C56H30N6O14S5/c63-57(64)37-13-1-31(2-14-37)43-25-27-77-51(43)53-45(33-5-17-39(18-6-33)59(67)68)29-47(79-53)55-49(35-9-21-41(22-10-35)61(71)72)50(36-11-23-42(24-12-36)62(73)74)56(81(55,75)76)48-30-46(34-7-19-40(20-8-34)60(69)70)54(80-48)52-44(26-28-78-52)32-3-15-38(16-4-32)58(65)66/h1-30H. The summed E-state index contributed by atoms with van der Waals surface area (Å²) in [4.78, 5) is 69.9. The number of benzene rings is 6. The van der Waals surface area contributed by atoms with Gasteiger partial charge in [-0.3, -0.25) is 60.7 Å². The number of nitro benzene ring substituents is 6. The summed E-state index contributed by atoms with van der Waals surface area (Å²) in [7, 11) is -4.86. The molecule has 81 heavy (non-hydrogen) atoms. The third-order valence-electron chi connectivity index (χ3n) is 13.2. The van der Waals surface area contributed by atoms with Crippen LogP contribution in [0.2, 0.25) is 0 Å². The highest BCUT2D eigenvalue weighted by Gasteiger charge is 2.43. The van der Waals surface area contributed by atoms with Gasteiger partial charge < -0.3 is 0 Å². The van der Waals surface area contributed by atoms with Gasteiger partial charge in [0.05, 0.1) is 58.9 Å². The quantitative estimate of drug-likeness (QED) is 0.0642. The van der Waals surface area contributed by atoms with Crippen LogP contribution in [0.4, 0.5) is 34.1 Å². The van der Waals surface area contributed by atoms with E-state index < -0.39 is 39.4 Å². The maximum atomic E-state index is 16.5. The summed E-state index contributed by atoms with van der Waals surface area (Å²) in [5.41, 5.74) is 3.39. The van der Waals surface area contributed by atoms with Crippen molar-refractivity contribution in [3.63, 3.8) is 0 Å². The van der Waals surface area contributed by atoms with E-state index in [-0.39, 0.29) is 76.0 Å². The van der Waals surface area contributed by atoms with Crippen LogP contribution in [0.3, 0.4) is 0 Å². The van der Waals surface area contributed by atoms with Crippen molar-refractivity contribution in [1.82, 2.24) is 0 Å². The Hall–Kier alpha value is -10.1. The summed E-state index contributed by atoms with van der Waals surface area (Å²) >= 11 is 4.73. The van der Waals surface area contributed by atoms with E-state index in [0.717, 1.165) is 22.7 Å². The number of nitrogens with zero attached hydrogens (tertiary/aromatic N) is 6. The van der Waals surface area contributed by atoms with E-state index in [1.165, 1.54) is 144 Å². The van der Waals surface area contributed by atoms with E-state index in [9.17, 15) is 60.7 Å². The maximum absolute atomic E-state index is 16.5. The normalized spacial score (nSPS) is 12.9. The van der Waals surface area contributed by atoms with Gasteiger partial charge in [0.25, 0.3) is 34.1 Å². The fraction of sp³-hybridized carbons (Fsp3) is 0. The first-order chi connectivity index (χ1) is 38.9. The topological polar surface area (TPSA) is 293 Å². The highest BCUT2D eigenvalue weighted by Crippen LogP contribution is 2.60. The molecule has 398 valence electrons. The monoisotopic (exact) mass is 1170 g/mol.